The third-order valence-electron chi connectivity index (χ3n) is 3.27. The summed E-state index contributed by atoms with van der Waals surface area (Å²) >= 11 is 0. The Kier molecular flexibility index (Phi) is 4.53. The average molecular weight is 258 g/mol. The summed E-state index contributed by atoms with van der Waals surface area (Å²) < 4.78 is 0. The van der Waals surface area contributed by atoms with Crippen LogP contribution in [-0.4, -0.2) is 40.1 Å². The Hall–Kier alpha value is -1.86. The van der Waals surface area contributed by atoms with Crippen LogP contribution in [0.1, 0.15) is 42.1 Å². The van der Waals surface area contributed by atoms with Crippen molar-refractivity contribution in [2.75, 3.05) is 13.2 Å². The molecule has 1 fully saturated rings. The van der Waals surface area contributed by atoms with Crippen LogP contribution in [0.5, 0.6) is 0 Å². The molecule has 0 aliphatic carbocycles. The highest BCUT2D eigenvalue weighted by molar-refractivity contribution is 5.94. The van der Waals surface area contributed by atoms with Gasteiger partial charge in [0.2, 0.25) is 0 Å². The van der Waals surface area contributed by atoms with Gasteiger partial charge in [-0.1, -0.05) is 11.8 Å². The van der Waals surface area contributed by atoms with E-state index >= 15 is 0 Å². The minimum atomic E-state index is 0.0308. The molecule has 1 aliphatic heterocycles. The minimum Gasteiger partial charge on any atom is -0.395 e. The summed E-state index contributed by atoms with van der Waals surface area (Å²) in [5, 5.41) is 8.68. The fraction of sp³-hybridized carbons (Fsp3) is 0.467. The van der Waals surface area contributed by atoms with E-state index < -0.39 is 0 Å². The van der Waals surface area contributed by atoms with Crippen LogP contribution in [0, 0.1) is 11.8 Å². The van der Waals surface area contributed by atoms with E-state index in [0.717, 1.165) is 19.4 Å². The number of hydrogen-bond donors (Lipinski definition) is 1. The molecular formula is C15H18N2O2. The van der Waals surface area contributed by atoms with E-state index in [4.69, 9.17) is 5.11 Å². The van der Waals surface area contributed by atoms with E-state index in [1.54, 1.807) is 18.5 Å². The number of aromatic nitrogens is 1. The number of carbonyl (C=O) groups excluding carboxylic acids is 1. The summed E-state index contributed by atoms with van der Waals surface area (Å²) in [5.74, 6) is 5.76. The van der Waals surface area contributed by atoms with Gasteiger partial charge in [-0.15, -0.1) is 0 Å². The number of pyridine rings is 1. The number of likely N-dealkylation sites (tertiary alicyclic amines) is 1. The lowest BCUT2D eigenvalue weighted by atomic mass is 10.1. The second-order valence-electron chi connectivity index (χ2n) is 4.73. The Morgan fingerprint density at radius 3 is 3.11 bits per heavy atom. The summed E-state index contributed by atoms with van der Waals surface area (Å²) in [7, 11) is 0. The van der Waals surface area contributed by atoms with Gasteiger partial charge in [0.25, 0.3) is 5.91 Å². The number of rotatable bonds is 2. The molecule has 1 N–H and O–H groups in total. The molecule has 2 rings (SSSR count). The molecule has 4 nitrogen and oxygen atoms in total. The Morgan fingerprint density at radius 2 is 2.42 bits per heavy atom. The van der Waals surface area contributed by atoms with Gasteiger partial charge in [0, 0.05) is 37.0 Å². The van der Waals surface area contributed by atoms with Crippen LogP contribution in [0.4, 0.5) is 0 Å². The Labute approximate surface area is 113 Å². The van der Waals surface area contributed by atoms with Gasteiger partial charge in [-0.3, -0.25) is 9.78 Å². The number of nitrogens with zero attached hydrogens (tertiary/aromatic N) is 2. The number of carbonyl (C=O) groups is 1. The van der Waals surface area contributed by atoms with Crippen molar-refractivity contribution < 1.29 is 9.90 Å². The van der Waals surface area contributed by atoms with Gasteiger partial charge in [0.1, 0.15) is 0 Å². The predicted octanol–water partition coefficient (Wildman–Crippen LogP) is 1.44. The maximum absolute atomic E-state index is 12.3. The zero-order valence-electron chi connectivity index (χ0n) is 11.1. The van der Waals surface area contributed by atoms with Gasteiger partial charge in [-0.25, -0.2) is 0 Å². The highest BCUT2D eigenvalue weighted by Crippen LogP contribution is 2.19. The predicted molar refractivity (Wildman–Crippen MR) is 72.6 cm³/mol. The molecule has 1 saturated heterocycles. The first-order chi connectivity index (χ1) is 9.22. The topological polar surface area (TPSA) is 53.4 Å². The monoisotopic (exact) mass is 258 g/mol. The molecule has 1 unspecified atom stereocenters. The highest BCUT2D eigenvalue weighted by atomic mass is 16.2. The van der Waals surface area contributed by atoms with E-state index in [2.05, 4.69) is 23.7 Å². The standard InChI is InChI=1S/C15H18N2O2/c1-12-5-4-7-17(12)15(19)14-9-13(10-16-11-14)6-2-3-8-18/h9-12,18H,3-5,7-8H2,1H3. The number of aliphatic hydroxyl groups excluding tert-OH is 1. The number of amides is 1. The Balaban J connectivity index is 2.14. The third kappa shape index (κ3) is 3.33. The van der Waals surface area contributed by atoms with E-state index in [9.17, 15) is 4.79 Å². The first kappa shape index (κ1) is 13.6. The van der Waals surface area contributed by atoms with Crippen molar-refractivity contribution in [2.24, 2.45) is 0 Å². The van der Waals surface area contributed by atoms with Gasteiger partial charge in [-0.05, 0) is 25.8 Å². The first-order valence-corrected chi connectivity index (χ1v) is 6.58. The molecule has 1 aliphatic rings. The van der Waals surface area contributed by atoms with Gasteiger partial charge in [0.05, 0.1) is 12.2 Å². The van der Waals surface area contributed by atoms with Crippen molar-refractivity contribution >= 4 is 5.91 Å². The molecule has 4 heteroatoms. The molecule has 0 spiro atoms. The van der Waals surface area contributed by atoms with Crippen molar-refractivity contribution in [2.45, 2.75) is 32.2 Å². The van der Waals surface area contributed by atoms with Crippen LogP contribution in [-0.2, 0) is 0 Å². The van der Waals surface area contributed by atoms with Crippen molar-refractivity contribution in [1.29, 1.82) is 0 Å². The molecule has 1 aromatic heterocycles. The molecule has 0 aromatic carbocycles. The summed E-state index contributed by atoms with van der Waals surface area (Å²) in [4.78, 5) is 18.3. The molecule has 1 aromatic rings. The molecule has 2 heterocycles. The molecule has 19 heavy (non-hydrogen) atoms. The minimum absolute atomic E-state index is 0.0308. The van der Waals surface area contributed by atoms with E-state index in [1.165, 1.54) is 0 Å². The van der Waals surface area contributed by atoms with Crippen molar-refractivity contribution in [3.63, 3.8) is 0 Å². The molecule has 0 bridgehead atoms. The van der Waals surface area contributed by atoms with Gasteiger partial charge in [-0.2, -0.15) is 0 Å². The van der Waals surface area contributed by atoms with Gasteiger partial charge >= 0.3 is 0 Å². The van der Waals surface area contributed by atoms with E-state index in [1.807, 2.05) is 4.90 Å². The molecule has 100 valence electrons. The van der Waals surface area contributed by atoms with Crippen molar-refractivity contribution in [3.05, 3.63) is 29.6 Å². The zero-order valence-corrected chi connectivity index (χ0v) is 11.1. The normalized spacial score (nSPS) is 18.0. The quantitative estimate of drug-likeness (QED) is 0.817. The van der Waals surface area contributed by atoms with Crippen LogP contribution in [0.3, 0.4) is 0 Å². The summed E-state index contributed by atoms with van der Waals surface area (Å²) in [5.41, 5.74) is 1.30. The molecule has 0 radical (unpaired) electrons. The Morgan fingerprint density at radius 1 is 1.58 bits per heavy atom. The molecule has 1 amide bonds. The van der Waals surface area contributed by atoms with Crippen LogP contribution in [0.25, 0.3) is 0 Å². The lowest BCUT2D eigenvalue weighted by Crippen LogP contribution is -2.33. The second kappa shape index (κ2) is 6.35. The van der Waals surface area contributed by atoms with E-state index in [0.29, 0.717) is 23.6 Å². The first-order valence-electron chi connectivity index (χ1n) is 6.58. The van der Waals surface area contributed by atoms with Crippen LogP contribution in [0.2, 0.25) is 0 Å². The van der Waals surface area contributed by atoms with Crippen molar-refractivity contribution in [1.82, 2.24) is 9.88 Å². The summed E-state index contributed by atoms with van der Waals surface area (Å²) in [6.45, 7) is 2.94. The van der Waals surface area contributed by atoms with Crippen LogP contribution < -0.4 is 0 Å². The lowest BCUT2D eigenvalue weighted by Gasteiger charge is -2.21. The van der Waals surface area contributed by atoms with E-state index in [-0.39, 0.29) is 12.5 Å². The maximum Gasteiger partial charge on any atom is 0.255 e. The van der Waals surface area contributed by atoms with Crippen LogP contribution >= 0.6 is 0 Å². The number of aliphatic hydroxyl groups is 1. The maximum atomic E-state index is 12.3. The zero-order chi connectivity index (χ0) is 13.7. The van der Waals surface area contributed by atoms with Crippen LogP contribution in [0.15, 0.2) is 18.5 Å². The molecule has 1 atom stereocenters. The highest BCUT2D eigenvalue weighted by Gasteiger charge is 2.26. The van der Waals surface area contributed by atoms with Gasteiger partial charge < -0.3 is 10.0 Å². The SMILES string of the molecule is CC1CCCN1C(=O)c1cncc(C#CCCO)c1. The summed E-state index contributed by atoms with van der Waals surface area (Å²) in [6, 6.07) is 2.07. The average Bonchev–Trinajstić information content (AvgIpc) is 2.85. The third-order valence-corrected chi connectivity index (χ3v) is 3.27. The number of hydrogen-bond acceptors (Lipinski definition) is 3. The van der Waals surface area contributed by atoms with Gasteiger partial charge in [0.15, 0.2) is 0 Å². The Bertz CT molecular complexity index is 516. The second-order valence-corrected chi connectivity index (χ2v) is 4.73. The fourth-order valence-electron chi connectivity index (χ4n) is 2.25. The smallest absolute Gasteiger partial charge is 0.255 e. The molecule has 0 saturated carbocycles. The van der Waals surface area contributed by atoms with Crippen molar-refractivity contribution in [3.8, 4) is 11.8 Å². The largest absolute Gasteiger partial charge is 0.395 e. The summed E-state index contributed by atoms with van der Waals surface area (Å²) in [6.07, 6.45) is 5.78. The lowest BCUT2D eigenvalue weighted by molar-refractivity contribution is 0.0747. The molecular weight excluding hydrogens is 240 g/mol. The fourth-order valence-corrected chi connectivity index (χ4v) is 2.25.